The van der Waals surface area contributed by atoms with Crippen molar-refractivity contribution in [3.8, 4) is 0 Å². The summed E-state index contributed by atoms with van der Waals surface area (Å²) in [5, 5.41) is 6.43. The molecule has 0 bridgehead atoms. The maximum atomic E-state index is 12.6. The molecule has 6 nitrogen and oxygen atoms in total. The summed E-state index contributed by atoms with van der Waals surface area (Å²) in [4.78, 5) is 4.16. The molecule has 1 aromatic rings. The normalized spacial score (nSPS) is 18.2. The van der Waals surface area contributed by atoms with E-state index < -0.39 is 15.5 Å². The van der Waals surface area contributed by atoms with Gasteiger partial charge in [0.2, 0.25) is 0 Å². The third-order valence-electron chi connectivity index (χ3n) is 4.64. The van der Waals surface area contributed by atoms with Gasteiger partial charge in [0, 0.05) is 26.7 Å². The van der Waals surface area contributed by atoms with Crippen molar-refractivity contribution >= 4 is 40.0 Å². The molecule has 1 aliphatic heterocycles. The van der Waals surface area contributed by atoms with Crippen molar-refractivity contribution in [2.75, 3.05) is 26.7 Å². The smallest absolute Gasteiger partial charge is 0.356 e. The lowest BCUT2D eigenvalue weighted by Gasteiger charge is -2.32. The highest BCUT2D eigenvalue weighted by molar-refractivity contribution is 14.0. The Balaban J connectivity index is 0.00000392. The van der Waals surface area contributed by atoms with Crippen molar-refractivity contribution in [3.63, 3.8) is 0 Å². The number of benzene rings is 1. The first-order chi connectivity index (χ1) is 12.6. The Hall–Kier alpha value is -1.08. The van der Waals surface area contributed by atoms with Gasteiger partial charge in [0.15, 0.2) is 5.96 Å². The number of guanidine groups is 1. The zero-order valence-corrected chi connectivity index (χ0v) is 18.9. The second-order valence-corrected chi connectivity index (χ2v) is 8.45. The third kappa shape index (κ3) is 6.48. The van der Waals surface area contributed by atoms with Crippen molar-refractivity contribution in [2.24, 2.45) is 10.9 Å². The van der Waals surface area contributed by atoms with E-state index in [0.717, 1.165) is 5.56 Å². The Morgan fingerprint density at radius 3 is 2.32 bits per heavy atom. The van der Waals surface area contributed by atoms with Gasteiger partial charge in [0.25, 0.3) is 0 Å². The predicted molar refractivity (Wildman–Crippen MR) is 114 cm³/mol. The third-order valence-corrected chi connectivity index (χ3v) is 6.27. The summed E-state index contributed by atoms with van der Waals surface area (Å²) in [7, 11) is -3.58. The van der Waals surface area contributed by atoms with Gasteiger partial charge in [-0.2, -0.15) is 17.5 Å². The molecule has 1 unspecified atom stereocenters. The maximum Gasteiger partial charge on any atom is 0.511 e. The number of nitrogens with one attached hydrogen (secondary N) is 2. The molecular weight excluding hydrogens is 508 g/mol. The quantitative estimate of drug-likeness (QED) is 0.346. The molecule has 1 atom stereocenters. The monoisotopic (exact) mass is 534 g/mol. The van der Waals surface area contributed by atoms with E-state index in [1.165, 1.54) is 0 Å². The summed E-state index contributed by atoms with van der Waals surface area (Å²) in [6.45, 7) is 2.27. The van der Waals surface area contributed by atoms with E-state index in [-0.39, 0.29) is 49.0 Å². The zero-order valence-electron chi connectivity index (χ0n) is 15.7. The van der Waals surface area contributed by atoms with Gasteiger partial charge < -0.3 is 10.6 Å². The molecule has 1 aromatic carbocycles. The van der Waals surface area contributed by atoms with Crippen LogP contribution in [0.3, 0.4) is 0 Å². The average Bonchev–Trinajstić information content (AvgIpc) is 2.65. The van der Waals surface area contributed by atoms with Gasteiger partial charge in [-0.1, -0.05) is 30.3 Å². The lowest BCUT2D eigenvalue weighted by molar-refractivity contribution is -0.0496. The van der Waals surface area contributed by atoms with Gasteiger partial charge in [-0.25, -0.2) is 8.42 Å². The lowest BCUT2D eigenvalue weighted by Crippen LogP contribution is -2.47. The average molecular weight is 534 g/mol. The van der Waals surface area contributed by atoms with E-state index in [1.54, 1.807) is 7.05 Å². The summed E-state index contributed by atoms with van der Waals surface area (Å²) in [6, 6.07) is 9.88. The number of aliphatic imine (C=N–C) groups is 1. The van der Waals surface area contributed by atoms with Crippen molar-refractivity contribution in [1.29, 1.82) is 0 Å². The highest BCUT2D eigenvalue weighted by Gasteiger charge is 2.50. The molecule has 0 radical (unpaired) electrons. The number of nitrogens with zero attached hydrogens (tertiary/aromatic N) is 2. The Morgan fingerprint density at radius 2 is 1.82 bits per heavy atom. The van der Waals surface area contributed by atoms with Crippen LogP contribution in [0.2, 0.25) is 0 Å². The number of piperidine rings is 1. The summed E-state index contributed by atoms with van der Waals surface area (Å²) in [5.74, 6) is 0.673. The van der Waals surface area contributed by atoms with Crippen molar-refractivity contribution in [1.82, 2.24) is 14.9 Å². The van der Waals surface area contributed by atoms with E-state index in [1.807, 2.05) is 37.3 Å². The summed E-state index contributed by atoms with van der Waals surface area (Å²) < 4.78 is 61.2. The summed E-state index contributed by atoms with van der Waals surface area (Å²) >= 11 is 0. The molecule has 0 spiro atoms. The number of hydrogen-bond acceptors (Lipinski definition) is 3. The summed E-state index contributed by atoms with van der Waals surface area (Å²) in [5.41, 5.74) is -4.14. The molecule has 1 saturated heterocycles. The highest BCUT2D eigenvalue weighted by Crippen LogP contribution is 2.30. The fourth-order valence-corrected chi connectivity index (χ4v) is 3.95. The molecular formula is C17H26F3IN4O2S. The molecule has 1 aliphatic rings. The second kappa shape index (κ2) is 10.6. The molecule has 1 heterocycles. The molecule has 2 N–H and O–H groups in total. The number of sulfonamides is 1. The maximum absolute atomic E-state index is 12.6. The molecule has 28 heavy (non-hydrogen) atoms. The SMILES string of the molecule is CN=C(NCC1CCN(S(=O)(=O)C(F)(F)F)CC1)NC(C)c1ccccc1.I. The van der Waals surface area contributed by atoms with Crippen LogP contribution in [0.25, 0.3) is 0 Å². The van der Waals surface area contributed by atoms with Crippen LogP contribution < -0.4 is 10.6 Å². The van der Waals surface area contributed by atoms with E-state index in [2.05, 4.69) is 15.6 Å². The topological polar surface area (TPSA) is 73.8 Å². The minimum absolute atomic E-state index is 0. The largest absolute Gasteiger partial charge is 0.511 e. The molecule has 0 amide bonds. The summed E-state index contributed by atoms with van der Waals surface area (Å²) in [6.07, 6.45) is 0.737. The molecule has 11 heteroatoms. The molecule has 0 saturated carbocycles. The number of halogens is 4. The van der Waals surface area contributed by atoms with Gasteiger partial charge >= 0.3 is 15.5 Å². The number of rotatable bonds is 5. The van der Waals surface area contributed by atoms with Crippen LogP contribution in [0.5, 0.6) is 0 Å². The van der Waals surface area contributed by atoms with Crippen LogP contribution in [-0.2, 0) is 10.0 Å². The van der Waals surface area contributed by atoms with Crippen LogP contribution in [0.4, 0.5) is 13.2 Å². The predicted octanol–water partition coefficient (Wildman–Crippen LogP) is 3.09. The molecule has 1 fully saturated rings. The van der Waals surface area contributed by atoms with Crippen molar-refractivity contribution < 1.29 is 21.6 Å². The van der Waals surface area contributed by atoms with Crippen LogP contribution in [0, 0.1) is 5.92 Å². The van der Waals surface area contributed by atoms with E-state index in [0.29, 0.717) is 29.7 Å². The minimum atomic E-state index is -5.24. The van der Waals surface area contributed by atoms with Crippen LogP contribution in [0.15, 0.2) is 35.3 Å². The van der Waals surface area contributed by atoms with E-state index >= 15 is 0 Å². The first-order valence-electron chi connectivity index (χ1n) is 8.73. The first-order valence-corrected chi connectivity index (χ1v) is 10.2. The zero-order chi connectivity index (χ0) is 20.1. The Bertz CT molecular complexity index is 737. The molecule has 160 valence electrons. The highest BCUT2D eigenvalue weighted by atomic mass is 127. The van der Waals surface area contributed by atoms with Gasteiger partial charge in [-0.15, -0.1) is 24.0 Å². The van der Waals surface area contributed by atoms with Gasteiger partial charge in [-0.05, 0) is 31.2 Å². The van der Waals surface area contributed by atoms with E-state index in [9.17, 15) is 21.6 Å². The lowest BCUT2D eigenvalue weighted by atomic mass is 9.98. The van der Waals surface area contributed by atoms with Crippen molar-refractivity contribution in [2.45, 2.75) is 31.3 Å². The molecule has 0 aromatic heterocycles. The molecule has 2 rings (SSSR count). The minimum Gasteiger partial charge on any atom is -0.356 e. The Morgan fingerprint density at radius 1 is 1.25 bits per heavy atom. The van der Waals surface area contributed by atoms with Gasteiger partial charge in [-0.3, -0.25) is 4.99 Å². The van der Waals surface area contributed by atoms with E-state index in [4.69, 9.17) is 0 Å². The molecule has 0 aliphatic carbocycles. The van der Waals surface area contributed by atoms with Crippen LogP contribution in [0.1, 0.15) is 31.4 Å². The van der Waals surface area contributed by atoms with Crippen LogP contribution >= 0.6 is 24.0 Å². The first kappa shape index (κ1) is 25.0. The van der Waals surface area contributed by atoms with Crippen molar-refractivity contribution in [3.05, 3.63) is 35.9 Å². The Labute approximate surface area is 181 Å². The standard InChI is InChI=1S/C17H25F3N4O2S.HI/c1-13(15-6-4-3-5-7-15)23-16(21-2)22-12-14-8-10-24(11-9-14)27(25,26)17(18,19)20;/h3-7,13-14H,8-12H2,1-2H3,(H2,21,22,23);1H. The Kier molecular flexibility index (Phi) is 9.47. The van der Waals surface area contributed by atoms with Gasteiger partial charge in [0.05, 0.1) is 6.04 Å². The fraction of sp³-hybridized carbons (Fsp3) is 0.588. The van der Waals surface area contributed by atoms with Gasteiger partial charge in [0.1, 0.15) is 0 Å². The second-order valence-electron chi connectivity index (χ2n) is 6.52. The number of alkyl halides is 3. The number of hydrogen-bond donors (Lipinski definition) is 2. The van der Waals surface area contributed by atoms with Crippen LogP contribution in [-0.4, -0.2) is 50.9 Å². The fourth-order valence-electron chi connectivity index (χ4n) is 2.97.